The lowest BCUT2D eigenvalue weighted by atomic mass is 9.78. The number of benzene rings is 1. The summed E-state index contributed by atoms with van der Waals surface area (Å²) in [4.78, 5) is 23.6. The number of hydrogen-bond donors (Lipinski definition) is 1. The lowest BCUT2D eigenvalue weighted by Gasteiger charge is -2.34. The number of ether oxygens (including phenoxy) is 2. The number of rotatable bonds is 6. The van der Waals surface area contributed by atoms with Gasteiger partial charge in [0.1, 0.15) is 5.75 Å². The lowest BCUT2D eigenvalue weighted by molar-refractivity contribution is -0.150. The zero-order valence-corrected chi connectivity index (χ0v) is 14.8. The van der Waals surface area contributed by atoms with Crippen LogP contribution in [0.5, 0.6) is 5.75 Å². The summed E-state index contributed by atoms with van der Waals surface area (Å²) in [5.74, 6) is 0.656. The molecule has 0 unspecified atom stereocenters. The van der Waals surface area contributed by atoms with Crippen LogP contribution in [0.25, 0.3) is 0 Å². The summed E-state index contributed by atoms with van der Waals surface area (Å²) in [7, 11) is 0. The third kappa shape index (κ3) is 5.71. The van der Waals surface area contributed by atoms with Gasteiger partial charge in [0.25, 0.3) is 5.91 Å². The van der Waals surface area contributed by atoms with Crippen LogP contribution in [0.3, 0.4) is 0 Å². The summed E-state index contributed by atoms with van der Waals surface area (Å²) in [6.07, 6.45) is 3.29. The molecule has 0 spiro atoms. The average molecular weight is 354 g/mol. The topological polar surface area (TPSA) is 64.6 Å². The summed E-state index contributed by atoms with van der Waals surface area (Å²) < 4.78 is 10.2. The van der Waals surface area contributed by atoms with Crippen LogP contribution in [0.15, 0.2) is 24.3 Å². The predicted molar refractivity (Wildman–Crippen MR) is 92.0 cm³/mol. The highest BCUT2D eigenvalue weighted by Gasteiger charge is 2.28. The van der Waals surface area contributed by atoms with E-state index in [2.05, 4.69) is 19.2 Å². The van der Waals surface area contributed by atoms with E-state index in [0.717, 1.165) is 12.8 Å². The first-order valence-electron chi connectivity index (χ1n) is 8.29. The first-order chi connectivity index (χ1) is 11.5. The molecule has 1 aromatic rings. The molecule has 1 aliphatic rings. The Hall–Kier alpha value is -1.75. The fraction of sp³-hybridized carbons (Fsp3) is 0.556. The van der Waals surface area contributed by atoms with E-state index < -0.39 is 5.97 Å². The number of halogens is 1. The van der Waals surface area contributed by atoms with Crippen LogP contribution in [-0.2, 0) is 14.3 Å². The lowest BCUT2D eigenvalue weighted by Crippen LogP contribution is -2.45. The van der Waals surface area contributed by atoms with Gasteiger partial charge in [-0.05, 0) is 36.5 Å². The highest BCUT2D eigenvalue weighted by Crippen LogP contribution is 2.29. The van der Waals surface area contributed by atoms with Crippen molar-refractivity contribution in [2.24, 2.45) is 11.8 Å². The molecule has 0 aliphatic heterocycles. The van der Waals surface area contributed by atoms with Crippen LogP contribution in [-0.4, -0.2) is 31.1 Å². The van der Waals surface area contributed by atoms with Crippen molar-refractivity contribution in [3.63, 3.8) is 0 Å². The zero-order chi connectivity index (χ0) is 17.5. The average Bonchev–Trinajstić information content (AvgIpc) is 2.55. The third-order valence-corrected chi connectivity index (χ3v) is 4.81. The van der Waals surface area contributed by atoms with Gasteiger partial charge in [0.2, 0.25) is 0 Å². The Morgan fingerprint density at radius 1 is 1.25 bits per heavy atom. The molecule has 6 heteroatoms. The van der Waals surface area contributed by atoms with Gasteiger partial charge in [0.15, 0.2) is 13.2 Å². The molecular formula is C18H24ClNO4. The number of carbonyl (C=O) groups is 2. The SMILES string of the molecule is C[C@@H]1[C@H](C)CCC[C@H]1NC(=O)COC(=O)COc1cccc(Cl)c1. The highest BCUT2D eigenvalue weighted by molar-refractivity contribution is 6.30. The van der Waals surface area contributed by atoms with Crippen molar-refractivity contribution in [1.29, 1.82) is 0 Å². The van der Waals surface area contributed by atoms with E-state index in [-0.39, 0.29) is 25.2 Å². The van der Waals surface area contributed by atoms with Gasteiger partial charge in [-0.3, -0.25) is 4.79 Å². The van der Waals surface area contributed by atoms with Gasteiger partial charge in [-0.25, -0.2) is 4.79 Å². The smallest absolute Gasteiger partial charge is 0.344 e. The molecule has 132 valence electrons. The Labute approximate surface area is 147 Å². The van der Waals surface area contributed by atoms with Gasteiger partial charge < -0.3 is 14.8 Å². The molecule has 1 saturated carbocycles. The van der Waals surface area contributed by atoms with Gasteiger partial charge in [-0.1, -0.05) is 44.4 Å². The summed E-state index contributed by atoms with van der Waals surface area (Å²) >= 11 is 5.83. The molecule has 1 aliphatic carbocycles. The van der Waals surface area contributed by atoms with E-state index in [4.69, 9.17) is 21.1 Å². The molecule has 24 heavy (non-hydrogen) atoms. The van der Waals surface area contributed by atoms with Crippen molar-refractivity contribution < 1.29 is 19.1 Å². The molecule has 1 aromatic carbocycles. The van der Waals surface area contributed by atoms with Crippen LogP contribution in [0.1, 0.15) is 33.1 Å². The molecule has 1 N–H and O–H groups in total. The monoisotopic (exact) mass is 353 g/mol. The normalized spacial score (nSPS) is 23.4. The van der Waals surface area contributed by atoms with E-state index in [1.54, 1.807) is 24.3 Å². The molecule has 1 fully saturated rings. The molecule has 0 aromatic heterocycles. The van der Waals surface area contributed by atoms with E-state index >= 15 is 0 Å². The van der Waals surface area contributed by atoms with Crippen molar-refractivity contribution in [2.45, 2.75) is 39.2 Å². The van der Waals surface area contributed by atoms with Crippen molar-refractivity contribution >= 4 is 23.5 Å². The van der Waals surface area contributed by atoms with Gasteiger partial charge in [0.05, 0.1) is 0 Å². The van der Waals surface area contributed by atoms with Gasteiger partial charge >= 0.3 is 5.97 Å². The Morgan fingerprint density at radius 3 is 2.79 bits per heavy atom. The molecule has 5 nitrogen and oxygen atoms in total. The number of amides is 1. The summed E-state index contributed by atoms with van der Waals surface area (Å²) in [6, 6.07) is 6.89. The third-order valence-electron chi connectivity index (χ3n) is 4.57. The minimum atomic E-state index is -0.588. The summed E-state index contributed by atoms with van der Waals surface area (Å²) in [5.41, 5.74) is 0. The fourth-order valence-electron chi connectivity index (χ4n) is 2.92. The maximum absolute atomic E-state index is 11.9. The summed E-state index contributed by atoms with van der Waals surface area (Å²) in [6.45, 7) is 3.82. The maximum atomic E-state index is 11.9. The molecule has 3 atom stereocenters. The second kappa shape index (κ2) is 8.92. The van der Waals surface area contributed by atoms with Crippen molar-refractivity contribution in [3.8, 4) is 5.75 Å². The summed E-state index contributed by atoms with van der Waals surface area (Å²) in [5, 5.41) is 3.49. The van der Waals surface area contributed by atoms with Crippen LogP contribution >= 0.6 is 11.6 Å². The molecule has 1 amide bonds. The predicted octanol–water partition coefficient (Wildman–Crippen LogP) is 3.20. The second-order valence-corrected chi connectivity index (χ2v) is 6.78. The molecule has 0 saturated heterocycles. The highest BCUT2D eigenvalue weighted by atomic mass is 35.5. The van der Waals surface area contributed by atoms with Gasteiger partial charge in [0, 0.05) is 11.1 Å². The Kier molecular flexibility index (Phi) is 6.91. The number of esters is 1. The second-order valence-electron chi connectivity index (χ2n) is 6.35. The Balaban J connectivity index is 1.68. The standard InChI is InChI=1S/C18H24ClNO4/c1-12-5-3-8-16(13(12)2)20-17(21)10-24-18(22)11-23-15-7-4-6-14(19)9-15/h4,6-7,9,12-13,16H,3,5,8,10-11H2,1-2H3,(H,20,21)/t12-,13-,16-/m1/s1. The Morgan fingerprint density at radius 2 is 2.04 bits per heavy atom. The molecule has 2 rings (SSSR count). The fourth-order valence-corrected chi connectivity index (χ4v) is 3.10. The van der Waals surface area contributed by atoms with E-state index in [1.165, 1.54) is 6.42 Å². The van der Waals surface area contributed by atoms with Crippen LogP contribution in [0.2, 0.25) is 5.02 Å². The first-order valence-corrected chi connectivity index (χ1v) is 8.67. The number of carbonyl (C=O) groups excluding carboxylic acids is 2. The largest absolute Gasteiger partial charge is 0.482 e. The minimum Gasteiger partial charge on any atom is -0.482 e. The van der Waals surface area contributed by atoms with Crippen molar-refractivity contribution in [2.75, 3.05) is 13.2 Å². The Bertz CT molecular complexity index is 578. The van der Waals surface area contributed by atoms with Crippen LogP contribution in [0, 0.1) is 11.8 Å². The minimum absolute atomic E-state index is 0.155. The van der Waals surface area contributed by atoms with Crippen molar-refractivity contribution in [1.82, 2.24) is 5.32 Å². The molecule has 0 bridgehead atoms. The quantitative estimate of drug-likeness (QED) is 0.797. The first kappa shape index (κ1) is 18.6. The van der Waals surface area contributed by atoms with Gasteiger partial charge in [-0.15, -0.1) is 0 Å². The number of nitrogens with one attached hydrogen (secondary N) is 1. The maximum Gasteiger partial charge on any atom is 0.344 e. The van der Waals surface area contributed by atoms with Crippen molar-refractivity contribution in [3.05, 3.63) is 29.3 Å². The molecular weight excluding hydrogens is 330 g/mol. The number of hydrogen-bond acceptors (Lipinski definition) is 4. The van der Waals surface area contributed by atoms with Crippen LogP contribution in [0.4, 0.5) is 0 Å². The van der Waals surface area contributed by atoms with Crippen LogP contribution < -0.4 is 10.1 Å². The van der Waals surface area contributed by atoms with E-state index in [1.807, 2.05) is 0 Å². The van der Waals surface area contributed by atoms with Gasteiger partial charge in [-0.2, -0.15) is 0 Å². The zero-order valence-electron chi connectivity index (χ0n) is 14.1. The molecule has 0 heterocycles. The van der Waals surface area contributed by atoms with E-state index in [0.29, 0.717) is 22.6 Å². The van der Waals surface area contributed by atoms with E-state index in [9.17, 15) is 9.59 Å². The molecule has 0 radical (unpaired) electrons.